The highest BCUT2D eigenvalue weighted by molar-refractivity contribution is 7.91. The van der Waals surface area contributed by atoms with Crippen LogP contribution in [0.15, 0.2) is 62.2 Å². The van der Waals surface area contributed by atoms with E-state index in [0.29, 0.717) is 30.6 Å². The molecular formula is C38H48N4O9S. The second-order valence-electron chi connectivity index (χ2n) is 13.9. The highest BCUT2D eigenvalue weighted by atomic mass is 32.2. The molecule has 2 aromatic rings. The van der Waals surface area contributed by atoms with Gasteiger partial charge in [-0.2, -0.15) is 0 Å². The number of nitrogens with zero attached hydrogens (tertiary/aromatic N) is 1. The molecule has 2 aliphatic carbocycles. The quantitative estimate of drug-likeness (QED) is 0.128. The lowest BCUT2D eigenvalue weighted by Crippen LogP contribution is -2.58. The van der Waals surface area contributed by atoms with Crippen LogP contribution in [-0.2, 0) is 34.7 Å². The number of unbranched alkanes of at least 4 members (excludes halogenated alkanes) is 3. The molecular weight excluding hydrogens is 689 g/mol. The van der Waals surface area contributed by atoms with E-state index in [9.17, 15) is 32.7 Å². The van der Waals surface area contributed by atoms with Crippen molar-refractivity contribution in [3.05, 3.63) is 73.3 Å². The van der Waals surface area contributed by atoms with E-state index in [1.807, 2.05) is 30.3 Å². The summed E-state index contributed by atoms with van der Waals surface area (Å²) in [6.07, 6.45) is 7.64. The van der Waals surface area contributed by atoms with Crippen LogP contribution >= 0.6 is 0 Å². The summed E-state index contributed by atoms with van der Waals surface area (Å²) in [5, 5.41) is 15.9. The summed E-state index contributed by atoms with van der Waals surface area (Å²) in [6, 6.07) is 7.07. The van der Waals surface area contributed by atoms with E-state index in [1.165, 1.54) is 18.1 Å². The maximum Gasteiger partial charge on any atom is 0.405 e. The van der Waals surface area contributed by atoms with E-state index < -0.39 is 68.2 Å². The number of ether oxygens (including phenoxy) is 2. The number of hydrogen-bond donors (Lipinski definition) is 4. The van der Waals surface area contributed by atoms with Crippen LogP contribution in [0.1, 0.15) is 68.9 Å². The van der Waals surface area contributed by atoms with E-state index in [0.717, 1.165) is 35.6 Å². The number of methoxy groups -OCH3 is 2. The van der Waals surface area contributed by atoms with E-state index in [-0.39, 0.29) is 25.8 Å². The molecule has 1 heterocycles. The number of benzene rings is 2. The first-order valence-corrected chi connectivity index (χ1v) is 19.0. The smallest absolute Gasteiger partial charge is 0.405 e. The summed E-state index contributed by atoms with van der Waals surface area (Å²) in [7, 11) is -0.862. The van der Waals surface area contributed by atoms with E-state index >= 15 is 0 Å². The van der Waals surface area contributed by atoms with Crippen LogP contribution in [0.25, 0.3) is 16.8 Å². The molecule has 2 saturated carbocycles. The van der Waals surface area contributed by atoms with Gasteiger partial charge in [0.1, 0.15) is 29.0 Å². The molecule has 0 unspecified atom stereocenters. The van der Waals surface area contributed by atoms with Crippen molar-refractivity contribution in [1.82, 2.24) is 20.3 Å². The minimum absolute atomic E-state index is 0.0347. The molecule has 13 nitrogen and oxygen atoms in total. The van der Waals surface area contributed by atoms with Gasteiger partial charge in [-0.25, -0.2) is 13.2 Å². The summed E-state index contributed by atoms with van der Waals surface area (Å²) in [5.74, 6) is -2.07. The lowest BCUT2D eigenvalue weighted by Gasteiger charge is -2.30. The molecule has 2 aromatic carbocycles. The van der Waals surface area contributed by atoms with Crippen LogP contribution in [0.3, 0.4) is 0 Å². The summed E-state index contributed by atoms with van der Waals surface area (Å²) in [5.41, 5.74) is -1.37. The molecule has 1 aliphatic heterocycles. The Hall–Kier alpha value is -4.69. The Kier molecular flexibility index (Phi) is 11.5. The minimum Gasteiger partial charge on any atom is -0.496 e. The average molecular weight is 737 g/mol. The van der Waals surface area contributed by atoms with Crippen LogP contribution in [0, 0.1) is 5.92 Å². The van der Waals surface area contributed by atoms with Crippen LogP contribution in [0.4, 0.5) is 4.79 Å². The lowest BCUT2D eigenvalue weighted by atomic mass is 9.88. The van der Waals surface area contributed by atoms with Gasteiger partial charge in [-0.3, -0.25) is 19.1 Å². The zero-order chi connectivity index (χ0) is 37.8. The van der Waals surface area contributed by atoms with Crippen molar-refractivity contribution in [3.63, 3.8) is 0 Å². The van der Waals surface area contributed by atoms with Crippen molar-refractivity contribution < 1.29 is 42.2 Å². The van der Waals surface area contributed by atoms with E-state index in [1.54, 1.807) is 19.3 Å². The molecule has 0 spiro atoms. The molecule has 14 heteroatoms. The molecule has 0 aromatic heterocycles. The Morgan fingerprint density at radius 3 is 2.38 bits per heavy atom. The van der Waals surface area contributed by atoms with Gasteiger partial charge in [0.25, 0.3) is 5.91 Å². The fraction of sp³-hybridized carbons (Fsp3) is 0.474. The van der Waals surface area contributed by atoms with Gasteiger partial charge in [-0.1, -0.05) is 49.8 Å². The number of carbonyl (C=O) groups excluding carboxylic acids is 3. The molecule has 4 N–H and O–H groups in total. The largest absolute Gasteiger partial charge is 0.496 e. The van der Waals surface area contributed by atoms with Gasteiger partial charge in [0, 0.05) is 25.0 Å². The number of hydrogen-bond acceptors (Lipinski definition) is 8. The van der Waals surface area contributed by atoms with Crippen molar-refractivity contribution in [3.8, 4) is 5.75 Å². The molecule has 280 valence electrons. The number of likely N-dealkylation sites (tertiary alicyclic amines) is 1. The maximum atomic E-state index is 14.4. The van der Waals surface area contributed by atoms with Crippen molar-refractivity contribution in [2.24, 2.45) is 5.92 Å². The van der Waals surface area contributed by atoms with E-state index in [4.69, 9.17) is 9.47 Å². The number of sulfonamides is 1. The predicted molar refractivity (Wildman–Crippen MR) is 197 cm³/mol. The molecule has 5 atom stereocenters. The Bertz CT molecular complexity index is 1880. The Morgan fingerprint density at radius 2 is 1.79 bits per heavy atom. The van der Waals surface area contributed by atoms with Crippen molar-refractivity contribution in [1.29, 1.82) is 0 Å². The second kappa shape index (κ2) is 15.5. The van der Waals surface area contributed by atoms with Crippen molar-refractivity contribution in [2.45, 2.75) is 86.3 Å². The van der Waals surface area contributed by atoms with Gasteiger partial charge in [0.05, 0.1) is 18.9 Å². The summed E-state index contributed by atoms with van der Waals surface area (Å²) >= 11 is 0. The molecule has 52 heavy (non-hydrogen) atoms. The third-order valence-corrected chi connectivity index (χ3v) is 12.3. The first kappa shape index (κ1) is 38.5. The molecule has 5 rings (SSSR count). The highest BCUT2D eigenvalue weighted by Crippen LogP contribution is 2.47. The number of nitrogens with one attached hydrogen (secondary N) is 3. The van der Waals surface area contributed by atoms with Gasteiger partial charge >= 0.3 is 6.09 Å². The van der Waals surface area contributed by atoms with Gasteiger partial charge in [-0.05, 0) is 73.1 Å². The molecule has 0 bridgehead atoms. The van der Waals surface area contributed by atoms with Crippen LogP contribution in [0.5, 0.6) is 5.75 Å². The molecule has 0 radical (unpaired) electrons. The number of amides is 4. The standard InChI is InChI=1S/C38H48N4O9S/c1-6-9-10-11-12-13-30(39-36(46)47)34(44)42-23-37(51-5,28-15-14-25-20-32(50-4)24(7-2)18-26(25)19-28)22-31(42)33(43)40-38(21-27(38)8-3)35(45)41-52(48,49)29-16-17-29/h6-8,14-15,18-20,27,29-31,39H,1-3,9-13,16-17,21-23H2,4-5H3,(H,40,43)(H,41,45)(H,46,47)/t27-,30+,31+,37+,38-/m1/s1. The second-order valence-corrected chi connectivity index (χ2v) is 15.8. The predicted octanol–water partition coefficient (Wildman–Crippen LogP) is 4.38. The zero-order valence-electron chi connectivity index (χ0n) is 29.7. The third-order valence-electron chi connectivity index (χ3n) is 10.5. The first-order valence-electron chi connectivity index (χ1n) is 17.5. The van der Waals surface area contributed by atoms with Crippen LogP contribution in [0.2, 0.25) is 0 Å². The number of carboxylic acid groups (broad SMARTS) is 1. The number of allylic oxidation sites excluding steroid dienone is 1. The van der Waals surface area contributed by atoms with Crippen molar-refractivity contribution in [2.75, 3.05) is 20.8 Å². The summed E-state index contributed by atoms with van der Waals surface area (Å²) in [6.45, 7) is 11.3. The Balaban J connectivity index is 1.50. The van der Waals surface area contributed by atoms with Gasteiger partial charge < -0.3 is 30.1 Å². The number of carbonyl (C=O) groups is 4. The van der Waals surface area contributed by atoms with Gasteiger partial charge in [-0.15, -0.1) is 13.2 Å². The number of fused-ring (bicyclic) bond motifs is 1. The fourth-order valence-electron chi connectivity index (χ4n) is 7.17. The monoisotopic (exact) mass is 736 g/mol. The SMILES string of the molecule is C=CCCCCC[C@H](NC(=O)O)C(=O)N1C[C@](OC)(c2ccc3cc(OC)c(C=C)cc3c2)C[C@H]1C(=O)N[C@]1(C(=O)NS(=O)(=O)C2CC2)C[C@H]1C=C. The van der Waals surface area contributed by atoms with Gasteiger partial charge in [0.2, 0.25) is 21.8 Å². The lowest BCUT2D eigenvalue weighted by molar-refractivity contribution is -0.141. The van der Waals surface area contributed by atoms with Crippen LogP contribution in [-0.4, -0.2) is 85.9 Å². The van der Waals surface area contributed by atoms with Gasteiger partial charge in [0.15, 0.2) is 0 Å². The minimum atomic E-state index is -3.92. The highest BCUT2D eigenvalue weighted by Gasteiger charge is 2.62. The maximum absolute atomic E-state index is 14.4. The Labute approximate surface area is 304 Å². The molecule has 3 aliphatic rings. The fourth-order valence-corrected chi connectivity index (χ4v) is 8.53. The normalized spacial score (nSPS) is 24.4. The first-order chi connectivity index (χ1) is 24.8. The zero-order valence-corrected chi connectivity index (χ0v) is 30.5. The Morgan fingerprint density at radius 1 is 1.04 bits per heavy atom. The van der Waals surface area contributed by atoms with Crippen LogP contribution < -0.4 is 20.1 Å². The summed E-state index contributed by atoms with van der Waals surface area (Å²) < 4.78 is 39.2. The molecule has 4 amide bonds. The summed E-state index contributed by atoms with van der Waals surface area (Å²) in [4.78, 5) is 55.5. The topological polar surface area (TPSA) is 180 Å². The molecule has 3 fully saturated rings. The average Bonchev–Trinajstić information content (AvgIpc) is 4.06. The third kappa shape index (κ3) is 7.87. The van der Waals surface area contributed by atoms with E-state index in [2.05, 4.69) is 35.1 Å². The number of rotatable bonds is 18. The molecule has 1 saturated heterocycles. The van der Waals surface area contributed by atoms with Crippen molar-refractivity contribution >= 4 is 50.7 Å².